The Morgan fingerprint density at radius 2 is 2.04 bits per heavy atom. The van der Waals surface area contributed by atoms with E-state index in [4.69, 9.17) is 26.2 Å². The van der Waals surface area contributed by atoms with Gasteiger partial charge in [0.25, 0.3) is 5.91 Å². The smallest absolute Gasteiger partial charge is 0.341 e. The minimum absolute atomic E-state index is 0.0812. The monoisotopic (exact) mass is 378 g/mol. The molecule has 2 aromatic carbocycles. The molecule has 0 heterocycles. The molecule has 26 heavy (non-hydrogen) atoms. The van der Waals surface area contributed by atoms with Crippen molar-refractivity contribution in [2.45, 2.75) is 0 Å². The van der Waals surface area contributed by atoms with Crippen LogP contribution in [0.2, 0.25) is 5.02 Å². The largest absolute Gasteiger partial charge is 0.507 e. The van der Waals surface area contributed by atoms with Gasteiger partial charge in [0.15, 0.2) is 18.1 Å². The first-order chi connectivity index (χ1) is 12.4. The van der Waals surface area contributed by atoms with Gasteiger partial charge >= 0.3 is 5.97 Å². The molecule has 0 bridgehead atoms. The summed E-state index contributed by atoms with van der Waals surface area (Å²) in [6.45, 7) is -0.569. The number of halogens is 1. The van der Waals surface area contributed by atoms with E-state index in [1.807, 2.05) is 0 Å². The van der Waals surface area contributed by atoms with E-state index >= 15 is 0 Å². The molecule has 2 rings (SSSR count). The van der Waals surface area contributed by atoms with Crippen LogP contribution in [0.15, 0.2) is 41.5 Å². The Hall–Kier alpha value is -3.26. The van der Waals surface area contributed by atoms with E-state index in [0.29, 0.717) is 5.56 Å². The number of hydrogen-bond donors (Lipinski definition) is 3. The van der Waals surface area contributed by atoms with Gasteiger partial charge in [0.05, 0.1) is 23.9 Å². The Morgan fingerprint density at radius 1 is 1.31 bits per heavy atom. The third-order valence-electron chi connectivity index (χ3n) is 3.12. The van der Waals surface area contributed by atoms with E-state index < -0.39 is 18.5 Å². The van der Waals surface area contributed by atoms with Crippen LogP contribution in [0.5, 0.6) is 17.2 Å². The van der Waals surface area contributed by atoms with Gasteiger partial charge in [-0.25, -0.2) is 10.2 Å². The molecule has 8 nitrogen and oxygen atoms in total. The zero-order valence-electron chi connectivity index (χ0n) is 13.6. The number of benzene rings is 2. The quantitative estimate of drug-likeness (QED) is 0.502. The Morgan fingerprint density at radius 3 is 2.69 bits per heavy atom. The number of carboxylic acid groups (broad SMARTS) is 1. The van der Waals surface area contributed by atoms with Gasteiger partial charge < -0.3 is 19.7 Å². The van der Waals surface area contributed by atoms with Crippen LogP contribution in [-0.2, 0) is 4.79 Å². The fraction of sp³-hybridized carbons (Fsp3) is 0.118. The lowest BCUT2D eigenvalue weighted by atomic mass is 10.2. The zero-order valence-corrected chi connectivity index (χ0v) is 14.4. The molecule has 0 aliphatic rings. The van der Waals surface area contributed by atoms with Gasteiger partial charge in [-0.15, -0.1) is 0 Å². The molecule has 0 aliphatic heterocycles. The number of amides is 1. The molecule has 3 N–H and O–H groups in total. The predicted octanol–water partition coefficient (Wildman–Crippen LogP) is 2.28. The van der Waals surface area contributed by atoms with Crippen LogP contribution in [0, 0.1) is 0 Å². The van der Waals surface area contributed by atoms with E-state index in [9.17, 15) is 14.7 Å². The molecule has 136 valence electrons. The number of carboxylic acids is 1. The summed E-state index contributed by atoms with van der Waals surface area (Å²) in [6, 6.07) is 9.03. The zero-order chi connectivity index (χ0) is 19.1. The first-order valence-electron chi connectivity index (χ1n) is 7.26. The number of phenolic OH excluding ortho intramolecular Hbond substituents is 1. The summed E-state index contributed by atoms with van der Waals surface area (Å²) in [5.41, 5.74) is 2.84. The number of aromatic hydroxyl groups is 1. The molecule has 0 radical (unpaired) electrons. The second-order valence-corrected chi connectivity index (χ2v) is 5.34. The van der Waals surface area contributed by atoms with E-state index in [-0.39, 0.29) is 27.8 Å². The van der Waals surface area contributed by atoms with Crippen LogP contribution in [0.1, 0.15) is 15.9 Å². The summed E-state index contributed by atoms with van der Waals surface area (Å²) >= 11 is 6.07. The minimum atomic E-state index is -1.15. The van der Waals surface area contributed by atoms with Crippen molar-refractivity contribution in [1.82, 2.24) is 5.43 Å². The Labute approximate surface area is 153 Å². The summed E-state index contributed by atoms with van der Waals surface area (Å²) in [5, 5.41) is 22.2. The van der Waals surface area contributed by atoms with Crippen molar-refractivity contribution >= 4 is 29.7 Å². The van der Waals surface area contributed by atoms with Crippen molar-refractivity contribution in [2.75, 3.05) is 13.7 Å². The van der Waals surface area contributed by atoms with Crippen molar-refractivity contribution in [2.24, 2.45) is 5.10 Å². The summed E-state index contributed by atoms with van der Waals surface area (Å²) < 4.78 is 10.2. The number of nitrogens with zero attached hydrogens (tertiary/aromatic N) is 1. The summed E-state index contributed by atoms with van der Waals surface area (Å²) in [6.07, 6.45) is 1.31. The number of carbonyl (C=O) groups excluding carboxylic acids is 1. The van der Waals surface area contributed by atoms with Crippen LogP contribution in [0.25, 0.3) is 0 Å². The number of nitrogens with one attached hydrogen (secondary N) is 1. The lowest BCUT2D eigenvalue weighted by Gasteiger charge is -2.11. The van der Waals surface area contributed by atoms with Crippen molar-refractivity contribution < 1.29 is 29.3 Å². The second kappa shape index (κ2) is 8.72. The topological polar surface area (TPSA) is 117 Å². The molecule has 0 unspecified atom stereocenters. The highest BCUT2D eigenvalue weighted by molar-refractivity contribution is 6.32. The maximum atomic E-state index is 11.9. The average Bonchev–Trinajstić information content (AvgIpc) is 2.60. The van der Waals surface area contributed by atoms with Crippen LogP contribution in [0.3, 0.4) is 0 Å². The van der Waals surface area contributed by atoms with Gasteiger partial charge in [-0.1, -0.05) is 23.7 Å². The Kier molecular flexibility index (Phi) is 6.40. The lowest BCUT2D eigenvalue weighted by molar-refractivity contribution is -0.139. The number of carbonyl (C=O) groups is 2. The molecule has 0 atom stereocenters. The lowest BCUT2D eigenvalue weighted by Crippen LogP contribution is -2.17. The van der Waals surface area contributed by atoms with Crippen molar-refractivity contribution in [3.05, 3.63) is 52.5 Å². The molecule has 0 saturated heterocycles. The summed E-state index contributed by atoms with van der Waals surface area (Å²) in [5.74, 6) is -1.59. The molecule has 9 heteroatoms. The molecule has 0 saturated carbocycles. The van der Waals surface area contributed by atoms with E-state index in [0.717, 1.165) is 0 Å². The van der Waals surface area contributed by atoms with Gasteiger partial charge in [-0.3, -0.25) is 4.79 Å². The third-order valence-corrected chi connectivity index (χ3v) is 3.40. The number of ether oxygens (including phenoxy) is 2. The highest BCUT2D eigenvalue weighted by Gasteiger charge is 2.13. The summed E-state index contributed by atoms with van der Waals surface area (Å²) in [7, 11) is 1.38. The third kappa shape index (κ3) is 4.87. The van der Waals surface area contributed by atoms with Gasteiger partial charge in [-0.05, 0) is 29.8 Å². The first kappa shape index (κ1) is 19.1. The van der Waals surface area contributed by atoms with E-state index in [2.05, 4.69) is 10.5 Å². The first-order valence-corrected chi connectivity index (χ1v) is 7.63. The standard InChI is InChI=1S/C17H15ClN2O6/c1-25-14-7-10(6-12(18)16(14)26-9-15(22)23)8-19-20-17(24)11-4-2-3-5-13(11)21/h2-8,21H,9H2,1H3,(H,20,24)(H,22,23). The number of methoxy groups -OCH3 is 1. The minimum Gasteiger partial charge on any atom is -0.507 e. The van der Waals surface area contributed by atoms with E-state index in [1.165, 1.54) is 37.6 Å². The van der Waals surface area contributed by atoms with Crippen molar-refractivity contribution in [1.29, 1.82) is 0 Å². The number of phenols is 1. The summed E-state index contributed by atoms with van der Waals surface area (Å²) in [4.78, 5) is 22.5. The molecule has 1 amide bonds. The molecular weight excluding hydrogens is 364 g/mol. The Balaban J connectivity index is 2.13. The maximum Gasteiger partial charge on any atom is 0.341 e. The highest BCUT2D eigenvalue weighted by atomic mass is 35.5. The SMILES string of the molecule is COc1cc(C=NNC(=O)c2ccccc2O)cc(Cl)c1OCC(=O)O. The number of hydrazone groups is 1. The number of aliphatic carboxylic acids is 1. The molecule has 0 fully saturated rings. The molecule has 0 aromatic heterocycles. The van der Waals surface area contributed by atoms with Gasteiger partial charge in [0, 0.05) is 0 Å². The average molecular weight is 379 g/mol. The normalized spacial score (nSPS) is 10.5. The van der Waals surface area contributed by atoms with Crippen LogP contribution in [0.4, 0.5) is 0 Å². The number of rotatable bonds is 7. The van der Waals surface area contributed by atoms with E-state index in [1.54, 1.807) is 12.1 Å². The van der Waals surface area contributed by atoms with Crippen LogP contribution in [-0.4, -0.2) is 42.0 Å². The van der Waals surface area contributed by atoms with Crippen molar-refractivity contribution in [3.63, 3.8) is 0 Å². The van der Waals surface area contributed by atoms with Crippen LogP contribution >= 0.6 is 11.6 Å². The highest BCUT2D eigenvalue weighted by Crippen LogP contribution is 2.36. The fourth-order valence-electron chi connectivity index (χ4n) is 1.98. The molecule has 0 spiro atoms. The molecule has 2 aromatic rings. The second-order valence-electron chi connectivity index (χ2n) is 4.93. The molecule has 0 aliphatic carbocycles. The van der Waals surface area contributed by atoms with Crippen LogP contribution < -0.4 is 14.9 Å². The van der Waals surface area contributed by atoms with Gasteiger partial charge in [0.2, 0.25) is 0 Å². The van der Waals surface area contributed by atoms with Gasteiger partial charge in [0.1, 0.15) is 5.75 Å². The maximum absolute atomic E-state index is 11.9. The number of hydrogen-bond acceptors (Lipinski definition) is 6. The fourth-order valence-corrected chi connectivity index (χ4v) is 2.25. The van der Waals surface area contributed by atoms with Crippen molar-refractivity contribution in [3.8, 4) is 17.2 Å². The number of para-hydroxylation sites is 1. The Bertz CT molecular complexity index is 853. The van der Waals surface area contributed by atoms with Gasteiger partial charge in [-0.2, -0.15) is 5.10 Å². The molecular formula is C17H15ClN2O6. The predicted molar refractivity (Wildman–Crippen MR) is 94.3 cm³/mol.